The largest absolute Gasteiger partial charge is 0.508 e. The average Bonchev–Trinajstić information content (AvgIpc) is 3.06. The molecule has 0 radical (unpaired) electrons. The van der Waals surface area contributed by atoms with Gasteiger partial charge >= 0.3 is 0 Å². The maximum absolute atomic E-state index is 12.5. The molecule has 0 aromatic heterocycles. The monoisotopic (exact) mass is 360 g/mol. The molecule has 1 aromatic carbocycles. The van der Waals surface area contributed by atoms with Crippen LogP contribution in [0.3, 0.4) is 0 Å². The van der Waals surface area contributed by atoms with Crippen molar-refractivity contribution in [1.29, 1.82) is 0 Å². The van der Waals surface area contributed by atoms with Crippen LogP contribution in [0.2, 0.25) is 0 Å². The molecule has 1 N–H and O–H groups in total. The Bertz CT molecular complexity index is 601. The van der Waals surface area contributed by atoms with Gasteiger partial charge in [0.05, 0.1) is 0 Å². The second-order valence-corrected chi connectivity index (χ2v) is 7.76. The number of piperazine rings is 1. The van der Waals surface area contributed by atoms with Gasteiger partial charge in [-0.25, -0.2) is 0 Å². The number of benzene rings is 1. The van der Waals surface area contributed by atoms with E-state index in [4.69, 9.17) is 0 Å². The molecule has 2 heterocycles. The number of likely N-dealkylation sites (tertiary alicyclic amines) is 1. The summed E-state index contributed by atoms with van der Waals surface area (Å²) in [7, 11) is 4.31. The van der Waals surface area contributed by atoms with Gasteiger partial charge in [0.1, 0.15) is 5.75 Å². The molecule has 2 aliphatic heterocycles. The summed E-state index contributed by atoms with van der Waals surface area (Å²) in [6.45, 7) is 7.33. The van der Waals surface area contributed by atoms with Crippen molar-refractivity contribution in [2.75, 3.05) is 59.9 Å². The van der Waals surface area contributed by atoms with Crippen LogP contribution in [0.5, 0.6) is 5.75 Å². The lowest BCUT2D eigenvalue weighted by molar-refractivity contribution is -0.133. The molecule has 144 valence electrons. The van der Waals surface area contributed by atoms with Gasteiger partial charge in [-0.2, -0.15) is 0 Å². The lowest BCUT2D eigenvalue weighted by atomic mass is 10.2. The molecule has 6 heteroatoms. The number of carbonyl (C=O) groups excluding carboxylic acids is 1. The summed E-state index contributed by atoms with van der Waals surface area (Å²) >= 11 is 0. The van der Waals surface area contributed by atoms with Crippen molar-refractivity contribution in [3.63, 3.8) is 0 Å². The van der Waals surface area contributed by atoms with Crippen molar-refractivity contribution in [2.45, 2.75) is 25.4 Å². The predicted octanol–water partition coefficient (Wildman–Crippen LogP) is 1.06. The molecule has 2 saturated heterocycles. The van der Waals surface area contributed by atoms with Crippen LogP contribution < -0.4 is 0 Å². The van der Waals surface area contributed by atoms with E-state index in [0.717, 1.165) is 57.9 Å². The zero-order valence-corrected chi connectivity index (χ0v) is 16.1. The highest BCUT2D eigenvalue weighted by atomic mass is 16.3. The van der Waals surface area contributed by atoms with Gasteiger partial charge in [0.2, 0.25) is 5.91 Å². The molecule has 0 bridgehead atoms. The molecular weight excluding hydrogens is 328 g/mol. The summed E-state index contributed by atoms with van der Waals surface area (Å²) < 4.78 is 0. The molecule has 0 saturated carbocycles. The van der Waals surface area contributed by atoms with Crippen molar-refractivity contribution < 1.29 is 9.90 Å². The number of phenols is 1. The van der Waals surface area contributed by atoms with Gasteiger partial charge in [0.15, 0.2) is 0 Å². The Labute approximate surface area is 157 Å². The fourth-order valence-electron chi connectivity index (χ4n) is 3.95. The Hall–Kier alpha value is -1.63. The molecule has 0 spiro atoms. The molecular formula is C20H32N4O2. The van der Waals surface area contributed by atoms with Gasteiger partial charge in [-0.05, 0) is 44.8 Å². The molecule has 6 nitrogen and oxygen atoms in total. The quantitative estimate of drug-likeness (QED) is 0.822. The van der Waals surface area contributed by atoms with Crippen molar-refractivity contribution in [2.24, 2.45) is 0 Å². The first kappa shape index (κ1) is 19.1. The fourth-order valence-corrected chi connectivity index (χ4v) is 3.95. The minimum absolute atomic E-state index is 0.278. The SMILES string of the molecule is CN1CCC(N(C)CCC(=O)N2CCN(Cc3cccc(O)c3)CC2)C1. The van der Waals surface area contributed by atoms with E-state index in [0.29, 0.717) is 18.2 Å². The van der Waals surface area contributed by atoms with Gasteiger partial charge in [-0.3, -0.25) is 9.69 Å². The molecule has 2 aliphatic rings. The van der Waals surface area contributed by atoms with E-state index in [1.165, 1.54) is 6.42 Å². The Morgan fingerprint density at radius 3 is 2.65 bits per heavy atom. The summed E-state index contributed by atoms with van der Waals surface area (Å²) in [6, 6.07) is 8.01. The maximum atomic E-state index is 12.5. The van der Waals surface area contributed by atoms with E-state index in [1.807, 2.05) is 23.1 Å². The van der Waals surface area contributed by atoms with Crippen molar-refractivity contribution in [3.05, 3.63) is 29.8 Å². The summed E-state index contributed by atoms with van der Waals surface area (Å²) in [5.74, 6) is 0.592. The predicted molar refractivity (Wildman–Crippen MR) is 103 cm³/mol. The fraction of sp³-hybridized carbons (Fsp3) is 0.650. The van der Waals surface area contributed by atoms with E-state index in [9.17, 15) is 9.90 Å². The summed E-state index contributed by atoms with van der Waals surface area (Å²) in [5.41, 5.74) is 1.12. The van der Waals surface area contributed by atoms with Gasteiger partial charge in [0.25, 0.3) is 0 Å². The first-order valence-corrected chi connectivity index (χ1v) is 9.68. The average molecular weight is 361 g/mol. The van der Waals surface area contributed by atoms with Crippen molar-refractivity contribution in [3.8, 4) is 5.75 Å². The van der Waals surface area contributed by atoms with E-state index >= 15 is 0 Å². The smallest absolute Gasteiger partial charge is 0.223 e. The number of likely N-dealkylation sites (N-methyl/N-ethyl adjacent to an activating group) is 2. The molecule has 0 aliphatic carbocycles. The highest BCUT2D eigenvalue weighted by Crippen LogP contribution is 2.15. The van der Waals surface area contributed by atoms with Crippen LogP contribution in [0.4, 0.5) is 0 Å². The molecule has 1 amide bonds. The maximum Gasteiger partial charge on any atom is 0.223 e. The third kappa shape index (κ3) is 5.19. The Morgan fingerprint density at radius 1 is 1.23 bits per heavy atom. The Kier molecular flexibility index (Phi) is 6.51. The second-order valence-electron chi connectivity index (χ2n) is 7.76. The number of nitrogens with zero attached hydrogens (tertiary/aromatic N) is 4. The third-order valence-electron chi connectivity index (χ3n) is 5.71. The minimum Gasteiger partial charge on any atom is -0.508 e. The molecule has 26 heavy (non-hydrogen) atoms. The zero-order valence-electron chi connectivity index (χ0n) is 16.1. The number of hydrogen-bond acceptors (Lipinski definition) is 5. The number of carbonyl (C=O) groups is 1. The first-order valence-electron chi connectivity index (χ1n) is 9.68. The topological polar surface area (TPSA) is 50.3 Å². The van der Waals surface area contributed by atoms with E-state index < -0.39 is 0 Å². The van der Waals surface area contributed by atoms with Gasteiger partial charge in [-0.1, -0.05) is 12.1 Å². The second kappa shape index (κ2) is 8.84. The lowest BCUT2D eigenvalue weighted by Crippen LogP contribution is -2.49. The van der Waals surface area contributed by atoms with Crippen LogP contribution >= 0.6 is 0 Å². The number of phenolic OH excluding ortho intramolecular Hbond substituents is 1. The number of aromatic hydroxyl groups is 1. The third-order valence-corrected chi connectivity index (χ3v) is 5.71. The molecule has 1 unspecified atom stereocenters. The van der Waals surface area contributed by atoms with Crippen LogP contribution in [0.1, 0.15) is 18.4 Å². The number of rotatable bonds is 6. The normalized spacial score (nSPS) is 22.3. The van der Waals surface area contributed by atoms with Gasteiger partial charge < -0.3 is 19.8 Å². The number of amides is 1. The molecule has 1 aromatic rings. The summed E-state index contributed by atoms with van der Waals surface area (Å²) in [4.78, 5) is 21.6. The molecule has 1 atom stereocenters. The Morgan fingerprint density at radius 2 is 2.00 bits per heavy atom. The molecule has 3 rings (SSSR count). The highest BCUT2D eigenvalue weighted by Gasteiger charge is 2.25. The summed E-state index contributed by atoms with van der Waals surface area (Å²) in [6.07, 6.45) is 1.82. The van der Waals surface area contributed by atoms with Crippen LogP contribution in [0, 0.1) is 0 Å². The van der Waals surface area contributed by atoms with Gasteiger partial charge in [-0.15, -0.1) is 0 Å². The van der Waals surface area contributed by atoms with Crippen LogP contribution in [-0.4, -0.2) is 96.6 Å². The zero-order chi connectivity index (χ0) is 18.5. The van der Waals surface area contributed by atoms with E-state index in [1.54, 1.807) is 6.07 Å². The standard InChI is InChI=1S/C20H32N4O2/c1-21-8-6-18(16-21)22(2)9-7-20(26)24-12-10-23(11-13-24)15-17-4-3-5-19(25)14-17/h3-5,14,18,25H,6-13,15-16H2,1-2H3. The van der Waals surface area contributed by atoms with Crippen LogP contribution in [0.15, 0.2) is 24.3 Å². The van der Waals surface area contributed by atoms with E-state index in [-0.39, 0.29) is 5.91 Å². The minimum atomic E-state index is 0.278. The lowest BCUT2D eigenvalue weighted by Gasteiger charge is -2.35. The van der Waals surface area contributed by atoms with Crippen LogP contribution in [-0.2, 0) is 11.3 Å². The first-order chi connectivity index (χ1) is 12.5. The van der Waals surface area contributed by atoms with Crippen LogP contribution in [0.25, 0.3) is 0 Å². The van der Waals surface area contributed by atoms with E-state index in [2.05, 4.69) is 28.8 Å². The van der Waals surface area contributed by atoms with Gasteiger partial charge in [0, 0.05) is 58.3 Å². The number of hydrogen-bond donors (Lipinski definition) is 1. The van der Waals surface area contributed by atoms with Crippen molar-refractivity contribution >= 4 is 5.91 Å². The summed E-state index contributed by atoms with van der Waals surface area (Å²) in [5, 5.41) is 9.58. The van der Waals surface area contributed by atoms with Crippen molar-refractivity contribution in [1.82, 2.24) is 19.6 Å². The molecule has 2 fully saturated rings. The highest BCUT2D eigenvalue weighted by molar-refractivity contribution is 5.76. The Balaban J connectivity index is 1.38.